The first-order chi connectivity index (χ1) is 17.0. The average molecular weight is 477 g/mol. The standard InChI is InChI=1S/C34H36O2/c1-17(2)23-11-9-19(5)29-25(15-23)21(7)13-27(29)31-33(35)32(34(31)36)28-14-22(8)26-16-24(18(3)4)12-10-20(6)30(26)28/h9-18,29,35H,1-8H3/b31-27+. The third-order valence-corrected chi connectivity index (χ3v) is 8.14. The third-order valence-electron chi connectivity index (χ3n) is 8.14. The zero-order chi connectivity index (χ0) is 26.0. The number of Topliss-reactive ketones (excluding diaryl/α,β-unsaturated/α-hetero) is 1. The molecule has 0 radical (unpaired) electrons. The smallest absolute Gasteiger partial charge is 0.201 e. The number of carbonyl (C=O) groups is 1. The summed E-state index contributed by atoms with van der Waals surface area (Å²) in [5.74, 6) is 0.921. The summed E-state index contributed by atoms with van der Waals surface area (Å²) in [7, 11) is 0. The average Bonchev–Trinajstić information content (AvgIpc) is 3.11. The summed E-state index contributed by atoms with van der Waals surface area (Å²) >= 11 is 0. The van der Waals surface area contributed by atoms with Crippen LogP contribution in [0, 0.1) is 25.7 Å². The molecule has 5 aliphatic carbocycles. The summed E-state index contributed by atoms with van der Waals surface area (Å²) in [5.41, 5.74) is 13.3. The molecule has 0 amide bonds. The van der Waals surface area contributed by atoms with Crippen molar-refractivity contribution in [1.82, 2.24) is 0 Å². The molecule has 0 bridgehead atoms. The lowest BCUT2D eigenvalue weighted by atomic mass is 9.76. The van der Waals surface area contributed by atoms with Crippen molar-refractivity contribution in [1.29, 1.82) is 0 Å². The van der Waals surface area contributed by atoms with Crippen molar-refractivity contribution in [2.75, 3.05) is 0 Å². The van der Waals surface area contributed by atoms with Gasteiger partial charge in [0.1, 0.15) is 5.76 Å². The molecule has 0 heterocycles. The van der Waals surface area contributed by atoms with Gasteiger partial charge >= 0.3 is 0 Å². The summed E-state index contributed by atoms with van der Waals surface area (Å²) in [6.07, 6.45) is 8.74. The van der Waals surface area contributed by atoms with E-state index in [0.717, 1.165) is 39.0 Å². The van der Waals surface area contributed by atoms with Crippen LogP contribution in [0.3, 0.4) is 0 Å². The van der Waals surface area contributed by atoms with E-state index in [4.69, 9.17) is 0 Å². The summed E-state index contributed by atoms with van der Waals surface area (Å²) < 4.78 is 0. The highest BCUT2D eigenvalue weighted by Gasteiger charge is 2.42. The highest BCUT2D eigenvalue weighted by molar-refractivity contribution is 6.40. The van der Waals surface area contributed by atoms with Crippen molar-refractivity contribution in [2.45, 2.75) is 61.3 Å². The van der Waals surface area contributed by atoms with E-state index >= 15 is 0 Å². The summed E-state index contributed by atoms with van der Waals surface area (Å²) in [6, 6.07) is 8.63. The van der Waals surface area contributed by atoms with Crippen LogP contribution in [0.5, 0.6) is 0 Å². The topological polar surface area (TPSA) is 37.3 Å². The maximum Gasteiger partial charge on any atom is 0.201 e. The Labute approximate surface area is 215 Å². The van der Waals surface area contributed by atoms with E-state index in [9.17, 15) is 9.90 Å². The molecule has 0 aromatic carbocycles. The van der Waals surface area contributed by atoms with Gasteiger partial charge in [0.2, 0.25) is 5.78 Å². The van der Waals surface area contributed by atoms with Crippen LogP contribution in [0.15, 0.2) is 87.8 Å². The number of aliphatic hydroxyl groups is 1. The fraction of sp³-hybridized carbons (Fsp3) is 0.324. The molecule has 0 aromatic rings. The first kappa shape index (κ1) is 24.3. The molecule has 0 aliphatic heterocycles. The maximum absolute atomic E-state index is 13.8. The first-order valence-corrected chi connectivity index (χ1v) is 13.1. The van der Waals surface area contributed by atoms with Crippen molar-refractivity contribution in [3.63, 3.8) is 0 Å². The van der Waals surface area contributed by atoms with Crippen molar-refractivity contribution in [3.8, 4) is 11.1 Å². The molecule has 1 atom stereocenters. The second-order valence-corrected chi connectivity index (χ2v) is 11.3. The maximum atomic E-state index is 13.8. The van der Waals surface area contributed by atoms with Gasteiger partial charge in [0.05, 0.1) is 11.1 Å². The molecule has 2 heteroatoms. The molecule has 0 spiro atoms. The largest absolute Gasteiger partial charge is 0.506 e. The SMILES string of the molecule is CC1=C/C(=C2\C(=O)C(c3cc(C)c4cc(C(C)C)ccc(C)c3-4)=C2O)C2C(C)=CC=C(C(C)C)C=C12. The molecule has 36 heavy (non-hydrogen) atoms. The van der Waals surface area contributed by atoms with Crippen LogP contribution in [-0.2, 0) is 4.79 Å². The van der Waals surface area contributed by atoms with Gasteiger partial charge in [0.25, 0.3) is 0 Å². The van der Waals surface area contributed by atoms with Gasteiger partial charge in [0, 0.05) is 5.92 Å². The number of hydrogen-bond donors (Lipinski definition) is 1. The van der Waals surface area contributed by atoms with Crippen molar-refractivity contribution < 1.29 is 9.90 Å². The fourth-order valence-electron chi connectivity index (χ4n) is 5.93. The number of ketones is 1. The van der Waals surface area contributed by atoms with Crippen LogP contribution in [-0.4, -0.2) is 10.9 Å². The van der Waals surface area contributed by atoms with Crippen LogP contribution in [0.1, 0.15) is 69.7 Å². The molecular weight excluding hydrogens is 440 g/mol. The van der Waals surface area contributed by atoms with E-state index in [-0.39, 0.29) is 17.5 Å². The quantitative estimate of drug-likeness (QED) is 0.450. The van der Waals surface area contributed by atoms with Crippen LogP contribution in [0.2, 0.25) is 0 Å². The van der Waals surface area contributed by atoms with Gasteiger partial charge in [0.15, 0.2) is 0 Å². The number of aryl methyl sites for hydroxylation is 2. The summed E-state index contributed by atoms with van der Waals surface area (Å²) in [4.78, 5) is 13.8. The van der Waals surface area contributed by atoms with Gasteiger partial charge < -0.3 is 5.11 Å². The number of allylic oxidation sites excluding steroid dienone is 11. The molecule has 5 rings (SSSR count). The van der Waals surface area contributed by atoms with E-state index in [1.54, 1.807) is 0 Å². The summed E-state index contributed by atoms with van der Waals surface area (Å²) in [5, 5.41) is 11.4. The third kappa shape index (κ3) is 3.58. The number of carbonyl (C=O) groups excluding carboxylic acids is 1. The molecule has 5 aliphatic rings. The molecule has 1 N–H and O–H groups in total. The normalized spacial score (nSPS) is 21.9. The predicted molar refractivity (Wildman–Crippen MR) is 150 cm³/mol. The second kappa shape index (κ2) is 8.62. The lowest BCUT2D eigenvalue weighted by Crippen LogP contribution is -2.24. The highest BCUT2D eigenvalue weighted by Crippen LogP contribution is 2.51. The minimum atomic E-state index is -0.0521. The van der Waals surface area contributed by atoms with Crippen LogP contribution in [0.25, 0.3) is 16.7 Å². The van der Waals surface area contributed by atoms with E-state index in [1.807, 2.05) is 0 Å². The minimum Gasteiger partial charge on any atom is -0.506 e. The van der Waals surface area contributed by atoms with Gasteiger partial charge in [-0.3, -0.25) is 4.79 Å². The Kier molecular flexibility index (Phi) is 5.82. The van der Waals surface area contributed by atoms with Crippen molar-refractivity contribution >= 4 is 11.4 Å². The van der Waals surface area contributed by atoms with E-state index < -0.39 is 0 Å². The zero-order valence-electron chi connectivity index (χ0n) is 22.7. The van der Waals surface area contributed by atoms with Crippen molar-refractivity contribution in [2.24, 2.45) is 11.8 Å². The summed E-state index contributed by atoms with van der Waals surface area (Å²) in [6.45, 7) is 17.2. The Balaban J connectivity index is 1.66. The van der Waals surface area contributed by atoms with Gasteiger partial charge in [-0.1, -0.05) is 75.8 Å². The fourth-order valence-corrected chi connectivity index (χ4v) is 5.93. The minimum absolute atomic E-state index is 0.00595. The number of hydrogen-bond acceptors (Lipinski definition) is 2. The second-order valence-electron chi connectivity index (χ2n) is 11.3. The van der Waals surface area contributed by atoms with Gasteiger partial charge in [-0.2, -0.15) is 0 Å². The number of aliphatic hydroxyl groups excluding tert-OH is 1. The van der Waals surface area contributed by atoms with Crippen molar-refractivity contribution in [3.05, 3.63) is 110 Å². The predicted octanol–water partition coefficient (Wildman–Crippen LogP) is 8.72. The van der Waals surface area contributed by atoms with Gasteiger partial charge in [-0.05, 0) is 101 Å². The lowest BCUT2D eigenvalue weighted by molar-refractivity contribution is -0.111. The van der Waals surface area contributed by atoms with Gasteiger partial charge in [-0.25, -0.2) is 0 Å². The zero-order valence-corrected chi connectivity index (χ0v) is 22.7. The first-order valence-electron chi connectivity index (χ1n) is 13.1. The highest BCUT2D eigenvalue weighted by atomic mass is 16.3. The Morgan fingerprint density at radius 3 is 2.17 bits per heavy atom. The molecule has 0 saturated carbocycles. The lowest BCUT2D eigenvalue weighted by Gasteiger charge is -2.26. The molecule has 0 saturated heterocycles. The van der Waals surface area contributed by atoms with Gasteiger partial charge in [-0.15, -0.1) is 0 Å². The van der Waals surface area contributed by atoms with E-state index in [1.165, 1.54) is 22.3 Å². The molecule has 2 nitrogen and oxygen atoms in total. The Morgan fingerprint density at radius 1 is 0.806 bits per heavy atom. The Bertz CT molecular complexity index is 1480. The Morgan fingerprint density at radius 2 is 1.53 bits per heavy atom. The molecule has 1 unspecified atom stereocenters. The number of fused-ring (bicyclic) bond motifs is 2. The van der Waals surface area contributed by atoms with Crippen LogP contribution in [0.4, 0.5) is 0 Å². The monoisotopic (exact) mass is 476 g/mol. The van der Waals surface area contributed by atoms with E-state index in [0.29, 0.717) is 23.0 Å². The molecule has 0 aromatic heterocycles. The van der Waals surface area contributed by atoms with Crippen LogP contribution < -0.4 is 0 Å². The number of rotatable bonds is 3. The molecular formula is C34H36O2. The van der Waals surface area contributed by atoms with E-state index in [2.05, 4.69) is 104 Å². The molecule has 184 valence electrons. The Hall–Kier alpha value is -3.39. The van der Waals surface area contributed by atoms with Crippen LogP contribution >= 0.6 is 0 Å². The molecule has 0 fully saturated rings.